The van der Waals surface area contributed by atoms with Crippen LogP contribution in [0.25, 0.3) is 0 Å². The third-order valence-corrected chi connectivity index (χ3v) is 5.81. The molecule has 10 heteroatoms. The average molecular weight is 576 g/mol. The Bertz CT molecular complexity index is 1140. The number of esters is 1. The van der Waals surface area contributed by atoms with Gasteiger partial charge in [0, 0.05) is 22.1 Å². The van der Waals surface area contributed by atoms with Gasteiger partial charge in [-0.1, -0.05) is 40.2 Å². The average Bonchev–Trinajstić information content (AvgIpc) is 2.88. The van der Waals surface area contributed by atoms with E-state index in [-0.39, 0.29) is 30.3 Å². The van der Waals surface area contributed by atoms with Crippen molar-refractivity contribution in [2.75, 3.05) is 24.8 Å². The number of carbonyl (C=O) groups is 2. The van der Waals surface area contributed by atoms with Gasteiger partial charge in [-0.05, 0) is 48.5 Å². The Hall–Kier alpha value is -3.37. The first-order valence-corrected chi connectivity index (χ1v) is 12.4. The molecule has 2 atom stereocenters. The lowest BCUT2D eigenvalue weighted by Gasteiger charge is -2.28. The molecule has 3 aromatic carbocycles. The van der Waals surface area contributed by atoms with E-state index in [2.05, 4.69) is 33.9 Å². The van der Waals surface area contributed by atoms with Gasteiger partial charge >= 0.3 is 12.1 Å². The minimum Gasteiger partial charge on any atom is -0.504 e. The molecule has 0 saturated carbocycles. The molecule has 0 bridgehead atoms. The number of halogens is 1. The van der Waals surface area contributed by atoms with E-state index in [1.54, 1.807) is 48.5 Å². The Morgan fingerprint density at radius 1 is 1.06 bits per heavy atom. The molecular weight excluding hydrogens is 550 g/mol. The number of phenols is 1. The number of aromatic hydroxyl groups is 1. The van der Waals surface area contributed by atoms with Gasteiger partial charge in [-0.3, -0.25) is 10.1 Å². The fraction of sp³-hybridized carbons (Fsp3) is 0.231. The molecule has 0 radical (unpaired) electrons. The number of hydrogen-bond acceptors (Lipinski definition) is 8. The molecule has 0 fully saturated rings. The maximum absolute atomic E-state index is 12.9. The van der Waals surface area contributed by atoms with Crippen LogP contribution in [0.2, 0.25) is 0 Å². The van der Waals surface area contributed by atoms with Crippen molar-refractivity contribution in [2.45, 2.75) is 18.6 Å². The highest BCUT2D eigenvalue weighted by Gasteiger charge is 2.30. The van der Waals surface area contributed by atoms with Gasteiger partial charge in [-0.25, -0.2) is 4.79 Å². The SMILES string of the molecule is COc1ccc([C@@H](OC(=O)Nc2ccc(Br)cc2)[C@@H](CCOC(=O)CS)Oc2ccccc2)cc1O. The number of phenolic OH excluding ortho intramolecular Hbond substituents is 1. The predicted molar refractivity (Wildman–Crippen MR) is 142 cm³/mol. The molecule has 2 N–H and O–H groups in total. The molecule has 190 valence electrons. The molecule has 0 spiro atoms. The molecule has 3 rings (SSSR count). The van der Waals surface area contributed by atoms with Crippen molar-refractivity contribution < 1.29 is 33.6 Å². The Balaban J connectivity index is 1.90. The predicted octanol–water partition coefficient (Wildman–Crippen LogP) is 5.76. The van der Waals surface area contributed by atoms with Gasteiger partial charge in [0.15, 0.2) is 17.6 Å². The maximum atomic E-state index is 12.9. The van der Waals surface area contributed by atoms with Gasteiger partial charge in [0.05, 0.1) is 19.5 Å². The molecule has 0 saturated heterocycles. The van der Waals surface area contributed by atoms with Gasteiger partial charge in [-0.15, -0.1) is 0 Å². The van der Waals surface area contributed by atoms with Crippen molar-refractivity contribution in [2.24, 2.45) is 0 Å². The number of nitrogens with one attached hydrogen (secondary N) is 1. The van der Waals surface area contributed by atoms with Gasteiger partial charge in [0.2, 0.25) is 0 Å². The van der Waals surface area contributed by atoms with Crippen molar-refractivity contribution in [1.82, 2.24) is 0 Å². The third-order valence-electron chi connectivity index (χ3n) is 5.02. The van der Waals surface area contributed by atoms with Gasteiger partial charge in [0.25, 0.3) is 0 Å². The molecule has 0 unspecified atom stereocenters. The number of hydrogen-bond donors (Lipinski definition) is 3. The molecule has 36 heavy (non-hydrogen) atoms. The summed E-state index contributed by atoms with van der Waals surface area (Å²) in [5.74, 6) is 0.121. The van der Waals surface area contributed by atoms with Crippen molar-refractivity contribution in [1.29, 1.82) is 0 Å². The first-order valence-electron chi connectivity index (χ1n) is 11.0. The highest BCUT2D eigenvalue weighted by Crippen LogP contribution is 2.34. The summed E-state index contributed by atoms with van der Waals surface area (Å²) in [6, 6.07) is 20.7. The van der Waals surface area contributed by atoms with Gasteiger partial charge in [-0.2, -0.15) is 12.6 Å². The normalized spacial score (nSPS) is 12.2. The van der Waals surface area contributed by atoms with E-state index in [0.29, 0.717) is 17.0 Å². The summed E-state index contributed by atoms with van der Waals surface area (Å²) in [4.78, 5) is 24.5. The molecule has 0 aliphatic carbocycles. The summed E-state index contributed by atoms with van der Waals surface area (Å²) in [5.41, 5.74) is 0.989. The second-order valence-electron chi connectivity index (χ2n) is 7.53. The number of para-hydroxylation sites is 1. The Morgan fingerprint density at radius 2 is 1.78 bits per heavy atom. The van der Waals surface area contributed by atoms with E-state index < -0.39 is 24.3 Å². The van der Waals surface area contributed by atoms with Gasteiger partial charge in [0.1, 0.15) is 11.9 Å². The largest absolute Gasteiger partial charge is 0.504 e. The Labute approximate surface area is 223 Å². The smallest absolute Gasteiger partial charge is 0.412 e. The van der Waals surface area contributed by atoms with E-state index in [9.17, 15) is 14.7 Å². The lowest BCUT2D eigenvalue weighted by molar-refractivity contribution is -0.141. The van der Waals surface area contributed by atoms with E-state index in [1.165, 1.54) is 13.2 Å². The molecular formula is C26H26BrNO7S. The van der Waals surface area contributed by atoms with Gasteiger partial charge < -0.3 is 24.1 Å². The highest BCUT2D eigenvalue weighted by molar-refractivity contribution is 9.10. The summed E-state index contributed by atoms with van der Waals surface area (Å²) in [6.45, 7) is 0.00716. The number of ether oxygens (including phenoxy) is 4. The molecule has 8 nitrogen and oxygen atoms in total. The molecule has 0 aliphatic heterocycles. The van der Waals surface area contributed by atoms with E-state index in [0.717, 1.165) is 4.47 Å². The van der Waals surface area contributed by atoms with Crippen molar-refractivity contribution in [3.05, 3.63) is 82.8 Å². The van der Waals surface area contributed by atoms with E-state index >= 15 is 0 Å². The third kappa shape index (κ3) is 8.10. The lowest BCUT2D eigenvalue weighted by atomic mass is 10.0. The Morgan fingerprint density at radius 3 is 2.42 bits per heavy atom. The van der Waals surface area contributed by atoms with Crippen LogP contribution in [0.15, 0.2) is 77.3 Å². The van der Waals surface area contributed by atoms with Crippen LogP contribution < -0.4 is 14.8 Å². The number of amides is 1. The van der Waals surface area contributed by atoms with Crippen LogP contribution in [0.4, 0.5) is 10.5 Å². The molecule has 0 heterocycles. The summed E-state index contributed by atoms with van der Waals surface area (Å²) in [5, 5.41) is 13.1. The monoisotopic (exact) mass is 575 g/mol. The van der Waals surface area contributed by atoms with E-state index in [4.69, 9.17) is 18.9 Å². The first kappa shape index (κ1) is 27.2. The summed E-state index contributed by atoms with van der Waals surface area (Å²) >= 11 is 7.28. The van der Waals surface area contributed by atoms with E-state index in [1.807, 2.05) is 18.2 Å². The van der Waals surface area contributed by atoms with Crippen molar-refractivity contribution >= 4 is 46.3 Å². The fourth-order valence-electron chi connectivity index (χ4n) is 3.32. The number of thiol groups is 1. The van der Waals surface area contributed by atoms with Crippen molar-refractivity contribution in [3.8, 4) is 17.2 Å². The first-order chi connectivity index (χ1) is 17.4. The lowest BCUT2D eigenvalue weighted by Crippen LogP contribution is -2.32. The quantitative estimate of drug-likeness (QED) is 0.197. The summed E-state index contributed by atoms with van der Waals surface area (Å²) in [7, 11) is 1.44. The van der Waals surface area contributed by atoms with Crippen LogP contribution >= 0.6 is 28.6 Å². The minimum absolute atomic E-state index is 0.00716. The second kappa shape index (κ2) is 13.6. The fourth-order valence-corrected chi connectivity index (χ4v) is 3.67. The molecule has 0 aromatic heterocycles. The second-order valence-corrected chi connectivity index (χ2v) is 8.76. The number of anilines is 1. The zero-order valence-electron chi connectivity index (χ0n) is 19.4. The number of benzene rings is 3. The van der Waals surface area contributed by atoms with Crippen LogP contribution in [0, 0.1) is 0 Å². The molecule has 0 aliphatic rings. The zero-order chi connectivity index (χ0) is 25.9. The zero-order valence-corrected chi connectivity index (χ0v) is 21.9. The standard InChI is InChI=1S/C26H26BrNO7S/c1-32-22-12-7-17(15-21(22)29)25(35-26(31)28-19-10-8-18(27)9-11-19)23(13-14-33-24(30)16-36)34-20-5-3-2-4-6-20/h2-12,15,23,25,29,36H,13-14,16H2,1H3,(H,28,31)/t23-,25-/m1/s1. The number of rotatable bonds is 11. The van der Waals surface area contributed by atoms with Crippen LogP contribution in [0.3, 0.4) is 0 Å². The van der Waals surface area contributed by atoms with Crippen LogP contribution in [0.1, 0.15) is 18.1 Å². The minimum atomic E-state index is -0.979. The highest BCUT2D eigenvalue weighted by atomic mass is 79.9. The summed E-state index contributed by atoms with van der Waals surface area (Å²) in [6.07, 6.45) is -2.29. The van der Waals surface area contributed by atoms with Crippen LogP contribution in [-0.4, -0.2) is 42.7 Å². The maximum Gasteiger partial charge on any atom is 0.412 e. The van der Waals surface area contributed by atoms with Crippen LogP contribution in [0.5, 0.6) is 17.2 Å². The van der Waals surface area contributed by atoms with Crippen LogP contribution in [-0.2, 0) is 14.3 Å². The Kier molecular flexibility index (Phi) is 10.3. The number of carbonyl (C=O) groups excluding carboxylic acids is 2. The topological polar surface area (TPSA) is 103 Å². The molecule has 1 amide bonds. The molecule has 3 aromatic rings. The van der Waals surface area contributed by atoms with Crippen molar-refractivity contribution in [3.63, 3.8) is 0 Å². The summed E-state index contributed by atoms with van der Waals surface area (Å²) < 4.78 is 23.2. The number of methoxy groups -OCH3 is 1.